The maximum atomic E-state index is 9.82. The lowest BCUT2D eigenvalue weighted by Crippen LogP contribution is -2.34. The highest BCUT2D eigenvalue weighted by Crippen LogP contribution is 2.16. The number of ether oxygens (including phenoxy) is 1. The molecule has 1 atom stereocenters. The molecule has 0 fully saturated rings. The molecule has 3 nitrogen and oxygen atoms in total. The standard InChI is InChI=1S/C9H17NO2/c1-3-5-9(11,8-12-2)6-4-7-10/h1,11H,4-8,10H2,2H3. The molecule has 70 valence electrons. The Morgan fingerprint density at radius 2 is 2.33 bits per heavy atom. The Kier molecular flexibility index (Phi) is 5.73. The molecule has 0 aromatic heterocycles. The van der Waals surface area contributed by atoms with Crippen LogP contribution < -0.4 is 5.73 Å². The Hall–Kier alpha value is -0.560. The van der Waals surface area contributed by atoms with Crippen molar-refractivity contribution in [3.8, 4) is 12.3 Å². The summed E-state index contributed by atoms with van der Waals surface area (Å²) in [5, 5.41) is 9.82. The van der Waals surface area contributed by atoms with Gasteiger partial charge in [0.05, 0.1) is 12.2 Å². The molecule has 0 bridgehead atoms. The van der Waals surface area contributed by atoms with Crippen LogP contribution in [0, 0.1) is 12.3 Å². The molecule has 1 unspecified atom stereocenters. The van der Waals surface area contributed by atoms with E-state index in [0.29, 0.717) is 19.4 Å². The first kappa shape index (κ1) is 11.4. The van der Waals surface area contributed by atoms with Gasteiger partial charge in [-0.05, 0) is 19.4 Å². The number of terminal acetylenes is 1. The van der Waals surface area contributed by atoms with Gasteiger partial charge in [0.25, 0.3) is 0 Å². The van der Waals surface area contributed by atoms with Gasteiger partial charge in [-0.15, -0.1) is 12.3 Å². The molecule has 0 aliphatic carbocycles. The number of rotatable bonds is 6. The van der Waals surface area contributed by atoms with Gasteiger partial charge in [0.1, 0.15) is 0 Å². The molecule has 0 spiro atoms. The van der Waals surface area contributed by atoms with Crippen molar-refractivity contribution in [1.82, 2.24) is 0 Å². The summed E-state index contributed by atoms with van der Waals surface area (Å²) in [4.78, 5) is 0. The molecule has 12 heavy (non-hydrogen) atoms. The van der Waals surface area contributed by atoms with E-state index in [4.69, 9.17) is 16.9 Å². The Balaban J connectivity index is 3.91. The predicted molar refractivity (Wildman–Crippen MR) is 48.6 cm³/mol. The molecule has 0 amide bonds. The molecule has 3 N–H and O–H groups in total. The number of hydrogen-bond acceptors (Lipinski definition) is 3. The lowest BCUT2D eigenvalue weighted by Gasteiger charge is -2.24. The van der Waals surface area contributed by atoms with Gasteiger partial charge in [0.15, 0.2) is 0 Å². The van der Waals surface area contributed by atoms with Gasteiger partial charge in [0.2, 0.25) is 0 Å². The zero-order chi connectivity index (χ0) is 9.45. The van der Waals surface area contributed by atoms with E-state index in [9.17, 15) is 5.11 Å². The number of nitrogens with two attached hydrogens (primary N) is 1. The summed E-state index contributed by atoms with van der Waals surface area (Å²) in [7, 11) is 1.55. The molecule has 0 radical (unpaired) electrons. The molecule has 0 aromatic rings. The monoisotopic (exact) mass is 171 g/mol. The average molecular weight is 171 g/mol. The van der Waals surface area contributed by atoms with Crippen LogP contribution in [-0.2, 0) is 4.74 Å². The molecule has 0 saturated heterocycles. The maximum absolute atomic E-state index is 9.82. The SMILES string of the molecule is C#CCC(O)(CCCN)COC. The van der Waals surface area contributed by atoms with Gasteiger partial charge in [-0.2, -0.15) is 0 Å². The Morgan fingerprint density at radius 1 is 1.67 bits per heavy atom. The van der Waals surface area contributed by atoms with Gasteiger partial charge < -0.3 is 15.6 Å². The average Bonchev–Trinajstić information content (AvgIpc) is 2.02. The minimum Gasteiger partial charge on any atom is -0.386 e. The third-order valence-corrected chi connectivity index (χ3v) is 1.69. The molecule has 0 rings (SSSR count). The number of methoxy groups -OCH3 is 1. The van der Waals surface area contributed by atoms with Crippen LogP contribution in [0.2, 0.25) is 0 Å². The van der Waals surface area contributed by atoms with Gasteiger partial charge >= 0.3 is 0 Å². The number of hydrogen-bond donors (Lipinski definition) is 2. The third-order valence-electron chi connectivity index (χ3n) is 1.69. The van der Waals surface area contributed by atoms with Crippen molar-refractivity contribution in [3.05, 3.63) is 0 Å². The lowest BCUT2D eigenvalue weighted by atomic mass is 9.95. The summed E-state index contributed by atoms with van der Waals surface area (Å²) in [6.07, 6.45) is 6.80. The highest BCUT2D eigenvalue weighted by molar-refractivity contribution is 4.95. The topological polar surface area (TPSA) is 55.5 Å². The van der Waals surface area contributed by atoms with E-state index in [1.54, 1.807) is 7.11 Å². The van der Waals surface area contributed by atoms with Gasteiger partial charge in [0, 0.05) is 13.5 Å². The van der Waals surface area contributed by atoms with Gasteiger partial charge in [-0.1, -0.05) is 0 Å². The van der Waals surface area contributed by atoms with Crippen LogP contribution >= 0.6 is 0 Å². The van der Waals surface area contributed by atoms with Crippen molar-refractivity contribution in [2.24, 2.45) is 5.73 Å². The van der Waals surface area contributed by atoms with Crippen LogP contribution in [0.15, 0.2) is 0 Å². The summed E-state index contributed by atoms with van der Waals surface area (Å²) in [5.41, 5.74) is 4.44. The van der Waals surface area contributed by atoms with Crippen molar-refractivity contribution < 1.29 is 9.84 Å². The number of aliphatic hydroxyl groups is 1. The van der Waals surface area contributed by atoms with Crippen molar-refractivity contribution >= 4 is 0 Å². The molecule has 0 heterocycles. The van der Waals surface area contributed by atoms with Crippen LogP contribution in [0.1, 0.15) is 19.3 Å². The molecule has 3 heteroatoms. The Labute approximate surface area is 73.9 Å². The van der Waals surface area contributed by atoms with Crippen molar-refractivity contribution in [2.45, 2.75) is 24.9 Å². The third kappa shape index (κ3) is 4.35. The summed E-state index contributed by atoms with van der Waals surface area (Å²) < 4.78 is 4.87. The minimum atomic E-state index is -0.886. The van der Waals surface area contributed by atoms with E-state index in [0.717, 1.165) is 6.42 Å². The molecule has 0 aromatic carbocycles. The van der Waals surface area contributed by atoms with E-state index in [1.165, 1.54) is 0 Å². The zero-order valence-corrected chi connectivity index (χ0v) is 7.55. The van der Waals surface area contributed by atoms with E-state index < -0.39 is 5.60 Å². The van der Waals surface area contributed by atoms with E-state index in [-0.39, 0.29) is 6.61 Å². The maximum Gasteiger partial charge on any atom is 0.0988 e. The molecular weight excluding hydrogens is 154 g/mol. The highest BCUT2D eigenvalue weighted by Gasteiger charge is 2.24. The molecule has 0 aliphatic rings. The smallest absolute Gasteiger partial charge is 0.0988 e. The Morgan fingerprint density at radius 3 is 2.75 bits per heavy atom. The summed E-state index contributed by atoms with van der Waals surface area (Å²) in [6, 6.07) is 0. The van der Waals surface area contributed by atoms with Gasteiger partial charge in [-0.3, -0.25) is 0 Å². The van der Waals surface area contributed by atoms with Crippen LogP contribution in [0.25, 0.3) is 0 Å². The van der Waals surface area contributed by atoms with Crippen molar-refractivity contribution in [1.29, 1.82) is 0 Å². The summed E-state index contributed by atoms with van der Waals surface area (Å²) in [5.74, 6) is 2.43. The fourth-order valence-corrected chi connectivity index (χ4v) is 1.10. The summed E-state index contributed by atoms with van der Waals surface area (Å²) in [6.45, 7) is 0.841. The minimum absolute atomic E-state index is 0.275. The van der Waals surface area contributed by atoms with Gasteiger partial charge in [-0.25, -0.2) is 0 Å². The molecule has 0 aliphatic heterocycles. The quantitative estimate of drug-likeness (QED) is 0.558. The van der Waals surface area contributed by atoms with Crippen molar-refractivity contribution in [3.63, 3.8) is 0 Å². The predicted octanol–water partition coefficient (Wildman–Crippen LogP) is 0.126. The first-order valence-electron chi connectivity index (χ1n) is 4.03. The fraction of sp³-hybridized carbons (Fsp3) is 0.778. The van der Waals surface area contributed by atoms with E-state index >= 15 is 0 Å². The second kappa shape index (κ2) is 6.01. The molecular formula is C9H17NO2. The second-order valence-corrected chi connectivity index (χ2v) is 2.93. The van der Waals surface area contributed by atoms with Crippen molar-refractivity contribution in [2.75, 3.05) is 20.3 Å². The molecule has 0 saturated carbocycles. The summed E-state index contributed by atoms with van der Waals surface area (Å²) >= 11 is 0. The first-order valence-corrected chi connectivity index (χ1v) is 4.03. The normalized spacial score (nSPS) is 15.2. The van der Waals surface area contributed by atoms with Crippen LogP contribution in [0.5, 0.6) is 0 Å². The largest absolute Gasteiger partial charge is 0.386 e. The fourth-order valence-electron chi connectivity index (χ4n) is 1.10. The first-order chi connectivity index (χ1) is 5.68. The lowest BCUT2D eigenvalue weighted by molar-refractivity contribution is -0.0340. The van der Waals surface area contributed by atoms with Crippen LogP contribution in [0.4, 0.5) is 0 Å². The van der Waals surface area contributed by atoms with Crippen LogP contribution in [-0.4, -0.2) is 31.0 Å². The zero-order valence-electron chi connectivity index (χ0n) is 7.55. The van der Waals surface area contributed by atoms with Crippen LogP contribution in [0.3, 0.4) is 0 Å². The van der Waals surface area contributed by atoms with E-state index in [2.05, 4.69) is 5.92 Å². The van der Waals surface area contributed by atoms with E-state index in [1.807, 2.05) is 0 Å². The highest BCUT2D eigenvalue weighted by atomic mass is 16.5. The Bertz CT molecular complexity index is 153. The second-order valence-electron chi connectivity index (χ2n) is 2.93.